The lowest BCUT2D eigenvalue weighted by Crippen LogP contribution is -2.35. The van der Waals surface area contributed by atoms with Crippen LogP contribution in [0.2, 0.25) is 5.02 Å². The minimum Gasteiger partial charge on any atom is -0.357 e. The van der Waals surface area contributed by atoms with E-state index >= 15 is 0 Å². The number of piperidine rings is 2. The summed E-state index contributed by atoms with van der Waals surface area (Å²) in [6, 6.07) is 12.2. The molecule has 0 bridgehead atoms. The molecule has 0 unspecified atom stereocenters. The van der Waals surface area contributed by atoms with Crippen molar-refractivity contribution in [3.63, 3.8) is 0 Å². The highest BCUT2D eigenvalue weighted by Crippen LogP contribution is 2.37. The van der Waals surface area contributed by atoms with E-state index in [0.29, 0.717) is 10.6 Å². The highest BCUT2D eigenvalue weighted by Gasteiger charge is 2.20. The normalized spacial score (nSPS) is 16.9. The summed E-state index contributed by atoms with van der Waals surface area (Å²) in [4.78, 5) is 22.9. The zero-order chi connectivity index (χ0) is 21.9. The van der Waals surface area contributed by atoms with Crippen LogP contribution in [0.4, 0.5) is 5.82 Å². The monoisotopic (exact) mass is 465 g/mol. The Morgan fingerprint density at radius 2 is 1.62 bits per heavy atom. The Bertz CT molecular complexity index is 1100. The number of amides is 1. The van der Waals surface area contributed by atoms with Gasteiger partial charge in [0.05, 0.1) is 5.02 Å². The van der Waals surface area contributed by atoms with Gasteiger partial charge < -0.3 is 9.80 Å². The first-order chi connectivity index (χ1) is 15.7. The molecule has 2 fully saturated rings. The van der Waals surface area contributed by atoms with Gasteiger partial charge >= 0.3 is 0 Å². The van der Waals surface area contributed by atoms with Crippen molar-refractivity contribution < 1.29 is 4.79 Å². The first kappa shape index (κ1) is 21.5. The number of likely N-dealkylation sites (tertiary alicyclic amines) is 1. The van der Waals surface area contributed by atoms with Gasteiger partial charge in [-0.25, -0.2) is 4.98 Å². The molecular formula is C26H28ClN3OS. The largest absolute Gasteiger partial charge is 0.357 e. The minimum atomic E-state index is 0.0899. The number of aromatic nitrogens is 1. The van der Waals surface area contributed by atoms with Gasteiger partial charge in [0.25, 0.3) is 5.91 Å². The topological polar surface area (TPSA) is 36.4 Å². The maximum Gasteiger partial charge on any atom is 0.253 e. The van der Waals surface area contributed by atoms with Crippen molar-refractivity contribution in [3.8, 4) is 21.6 Å². The fourth-order valence-corrected chi connectivity index (χ4v) is 5.95. The first-order valence-electron chi connectivity index (χ1n) is 11.6. The molecular weight excluding hydrogens is 438 g/mol. The number of carbonyl (C=O) groups excluding carboxylic acids is 1. The molecule has 0 spiro atoms. The molecule has 5 rings (SSSR count). The molecule has 32 heavy (non-hydrogen) atoms. The van der Waals surface area contributed by atoms with Gasteiger partial charge in [-0.2, -0.15) is 0 Å². The van der Waals surface area contributed by atoms with E-state index in [1.54, 1.807) is 11.3 Å². The zero-order valence-electron chi connectivity index (χ0n) is 18.2. The average molecular weight is 466 g/mol. The molecule has 4 heterocycles. The maximum absolute atomic E-state index is 12.8. The Balaban J connectivity index is 1.36. The third-order valence-corrected chi connectivity index (χ3v) is 7.76. The number of pyridine rings is 1. The summed E-state index contributed by atoms with van der Waals surface area (Å²) in [6.07, 6.45) is 9.08. The number of rotatable bonds is 4. The van der Waals surface area contributed by atoms with Gasteiger partial charge in [-0.15, -0.1) is 11.3 Å². The van der Waals surface area contributed by atoms with Crippen LogP contribution in [0.25, 0.3) is 21.6 Å². The van der Waals surface area contributed by atoms with E-state index in [1.165, 1.54) is 36.8 Å². The summed E-state index contributed by atoms with van der Waals surface area (Å²) in [6.45, 7) is 3.86. The first-order valence-corrected chi connectivity index (χ1v) is 12.8. The second-order valence-electron chi connectivity index (χ2n) is 8.70. The molecule has 3 aromatic rings. The molecule has 166 valence electrons. The van der Waals surface area contributed by atoms with E-state index in [1.807, 2.05) is 29.3 Å². The number of thiophene rings is 1. The Morgan fingerprint density at radius 1 is 0.875 bits per heavy atom. The molecule has 0 aliphatic carbocycles. The number of anilines is 1. The van der Waals surface area contributed by atoms with Crippen LogP contribution in [0, 0.1) is 0 Å². The molecule has 0 atom stereocenters. The van der Waals surface area contributed by atoms with Crippen molar-refractivity contribution in [2.45, 2.75) is 38.5 Å². The van der Waals surface area contributed by atoms with E-state index in [-0.39, 0.29) is 5.91 Å². The van der Waals surface area contributed by atoms with Crippen molar-refractivity contribution in [2.24, 2.45) is 0 Å². The van der Waals surface area contributed by atoms with Crippen LogP contribution in [0.3, 0.4) is 0 Å². The quantitative estimate of drug-likeness (QED) is 0.427. The SMILES string of the molecule is O=C(c1ccc(-c2cc(-c3ccnc(N4CCCCC4)c3)cs2)c(Cl)c1)N1CCCCC1. The Labute approximate surface area is 198 Å². The second kappa shape index (κ2) is 9.63. The number of nitrogens with zero attached hydrogens (tertiary/aromatic N) is 3. The predicted octanol–water partition coefficient (Wildman–Crippen LogP) is 6.75. The van der Waals surface area contributed by atoms with Gasteiger partial charge in [-0.05, 0) is 85.4 Å². The number of benzene rings is 1. The van der Waals surface area contributed by atoms with Gasteiger partial charge in [-0.3, -0.25) is 4.79 Å². The third kappa shape index (κ3) is 4.55. The van der Waals surface area contributed by atoms with Crippen molar-refractivity contribution in [1.29, 1.82) is 0 Å². The van der Waals surface area contributed by atoms with Gasteiger partial charge in [0.1, 0.15) is 5.82 Å². The predicted molar refractivity (Wildman–Crippen MR) is 134 cm³/mol. The average Bonchev–Trinajstić information content (AvgIpc) is 3.35. The van der Waals surface area contributed by atoms with E-state index in [4.69, 9.17) is 11.6 Å². The van der Waals surface area contributed by atoms with Gasteiger partial charge in [-0.1, -0.05) is 17.7 Å². The zero-order valence-corrected chi connectivity index (χ0v) is 19.8. The fraction of sp³-hybridized carbons (Fsp3) is 0.385. The molecule has 0 radical (unpaired) electrons. The van der Waals surface area contributed by atoms with Crippen LogP contribution in [-0.2, 0) is 0 Å². The molecule has 2 aliphatic rings. The van der Waals surface area contributed by atoms with Crippen LogP contribution in [-0.4, -0.2) is 42.0 Å². The van der Waals surface area contributed by atoms with E-state index < -0.39 is 0 Å². The smallest absolute Gasteiger partial charge is 0.253 e. The number of hydrogen-bond acceptors (Lipinski definition) is 4. The summed E-state index contributed by atoms with van der Waals surface area (Å²) in [5.41, 5.74) is 4.01. The van der Waals surface area contributed by atoms with Crippen molar-refractivity contribution in [1.82, 2.24) is 9.88 Å². The fourth-order valence-electron chi connectivity index (χ4n) is 4.65. The maximum atomic E-state index is 12.8. The lowest BCUT2D eigenvalue weighted by atomic mass is 10.1. The Hall–Kier alpha value is -2.37. The van der Waals surface area contributed by atoms with Crippen molar-refractivity contribution in [3.05, 3.63) is 58.6 Å². The van der Waals surface area contributed by atoms with Crippen LogP contribution >= 0.6 is 22.9 Å². The molecule has 2 saturated heterocycles. The molecule has 0 saturated carbocycles. The number of carbonyl (C=O) groups is 1. The van der Waals surface area contributed by atoms with E-state index in [2.05, 4.69) is 33.5 Å². The van der Waals surface area contributed by atoms with Crippen LogP contribution in [0.5, 0.6) is 0 Å². The van der Waals surface area contributed by atoms with Gasteiger partial charge in [0, 0.05) is 48.4 Å². The lowest BCUT2D eigenvalue weighted by Gasteiger charge is -2.27. The minimum absolute atomic E-state index is 0.0899. The number of hydrogen-bond donors (Lipinski definition) is 0. The molecule has 2 aromatic heterocycles. The van der Waals surface area contributed by atoms with Gasteiger partial charge in [0.15, 0.2) is 0 Å². The van der Waals surface area contributed by atoms with E-state index in [0.717, 1.165) is 55.3 Å². The van der Waals surface area contributed by atoms with Crippen LogP contribution in [0.15, 0.2) is 48.0 Å². The second-order valence-corrected chi connectivity index (χ2v) is 10.0. The Morgan fingerprint density at radius 3 is 2.38 bits per heavy atom. The highest BCUT2D eigenvalue weighted by atomic mass is 35.5. The third-order valence-electron chi connectivity index (χ3n) is 6.48. The lowest BCUT2D eigenvalue weighted by molar-refractivity contribution is 0.0724. The molecule has 0 N–H and O–H groups in total. The summed E-state index contributed by atoms with van der Waals surface area (Å²) in [5.74, 6) is 1.15. The molecule has 1 amide bonds. The molecule has 1 aromatic carbocycles. The van der Waals surface area contributed by atoms with Crippen LogP contribution < -0.4 is 4.90 Å². The van der Waals surface area contributed by atoms with Gasteiger partial charge in [0.2, 0.25) is 0 Å². The summed E-state index contributed by atoms with van der Waals surface area (Å²) < 4.78 is 0. The summed E-state index contributed by atoms with van der Waals surface area (Å²) >= 11 is 8.33. The van der Waals surface area contributed by atoms with Crippen LogP contribution in [0.1, 0.15) is 48.9 Å². The summed E-state index contributed by atoms with van der Waals surface area (Å²) in [5, 5.41) is 2.80. The van der Waals surface area contributed by atoms with Crippen molar-refractivity contribution in [2.75, 3.05) is 31.1 Å². The molecule has 2 aliphatic heterocycles. The highest BCUT2D eigenvalue weighted by molar-refractivity contribution is 7.14. The van der Waals surface area contributed by atoms with E-state index in [9.17, 15) is 4.79 Å². The Kier molecular flexibility index (Phi) is 6.47. The summed E-state index contributed by atoms with van der Waals surface area (Å²) in [7, 11) is 0. The van der Waals surface area contributed by atoms with Crippen molar-refractivity contribution >= 4 is 34.7 Å². The molecule has 6 heteroatoms. The molecule has 4 nitrogen and oxygen atoms in total. The standard InChI is InChI=1S/C26H28ClN3OS/c27-23-15-20(26(31)30-13-5-2-6-14-30)7-8-22(23)24-16-21(18-32-24)19-9-10-28-25(17-19)29-11-3-1-4-12-29/h7-10,15-18H,1-6,11-14H2. The number of halogens is 1.